The molecule has 2 heteroatoms. The first-order chi connectivity index (χ1) is 6.50. The lowest BCUT2D eigenvalue weighted by atomic mass is 10.0. The van der Waals surface area contributed by atoms with E-state index in [9.17, 15) is 4.79 Å². The second-order valence-electron chi connectivity index (χ2n) is 3.52. The number of aryl methyl sites for hydroxylation is 2. The summed E-state index contributed by atoms with van der Waals surface area (Å²) in [4.78, 5) is 11.0. The maximum atomic E-state index is 11.0. The number of Topliss-reactive ketones (excluding diaryl/α,β-unsaturated/α-hetero) is 1. The Balaban J connectivity index is 3.13. The smallest absolute Gasteiger partial charge is 0.175 e. The van der Waals surface area contributed by atoms with Crippen molar-refractivity contribution in [1.29, 1.82) is 0 Å². The number of benzene rings is 1. The highest BCUT2D eigenvalue weighted by Crippen LogP contribution is 2.13. The fourth-order valence-electron chi connectivity index (χ4n) is 1.18. The third-order valence-electron chi connectivity index (χ3n) is 2.15. The molecular weight excluding hydrogens is 174 g/mol. The average molecular weight is 189 g/mol. The van der Waals surface area contributed by atoms with Gasteiger partial charge in [-0.2, -0.15) is 0 Å². The fourth-order valence-corrected chi connectivity index (χ4v) is 1.18. The molecule has 0 aromatic heterocycles. The van der Waals surface area contributed by atoms with Crippen molar-refractivity contribution in [2.24, 2.45) is 5.73 Å². The molecular formula is C12H15NO. The third-order valence-corrected chi connectivity index (χ3v) is 2.15. The van der Waals surface area contributed by atoms with Gasteiger partial charge in [-0.25, -0.2) is 0 Å². The summed E-state index contributed by atoms with van der Waals surface area (Å²) in [6.45, 7) is 5.48. The zero-order valence-electron chi connectivity index (χ0n) is 8.79. The minimum absolute atomic E-state index is 0.0918. The van der Waals surface area contributed by atoms with Crippen molar-refractivity contribution in [1.82, 2.24) is 0 Å². The van der Waals surface area contributed by atoms with Crippen LogP contribution in [0, 0.1) is 13.8 Å². The Morgan fingerprint density at radius 2 is 2.00 bits per heavy atom. The Kier molecular flexibility index (Phi) is 3.07. The van der Waals surface area contributed by atoms with Crippen LogP contribution in [0.25, 0.3) is 6.08 Å². The number of rotatable bonds is 2. The molecule has 0 radical (unpaired) electrons. The van der Waals surface area contributed by atoms with Gasteiger partial charge in [0.25, 0.3) is 0 Å². The van der Waals surface area contributed by atoms with Gasteiger partial charge in [-0.3, -0.25) is 4.79 Å². The molecule has 2 nitrogen and oxygen atoms in total. The Hall–Kier alpha value is -1.57. The highest BCUT2D eigenvalue weighted by Gasteiger charge is 2.00. The van der Waals surface area contributed by atoms with Crippen molar-refractivity contribution >= 4 is 11.9 Å². The van der Waals surface area contributed by atoms with Crippen LogP contribution in [-0.4, -0.2) is 5.78 Å². The predicted molar refractivity (Wildman–Crippen MR) is 58.8 cm³/mol. The predicted octanol–water partition coefficient (Wildman–Crippen LogP) is 2.19. The van der Waals surface area contributed by atoms with E-state index in [1.54, 1.807) is 6.08 Å². The maximum absolute atomic E-state index is 11.0. The summed E-state index contributed by atoms with van der Waals surface area (Å²) in [5.74, 6) is -0.0918. The Bertz CT molecular complexity index is 391. The number of carbonyl (C=O) groups is 1. The van der Waals surface area contributed by atoms with Crippen LogP contribution in [0.2, 0.25) is 0 Å². The van der Waals surface area contributed by atoms with Crippen LogP contribution in [-0.2, 0) is 4.79 Å². The van der Waals surface area contributed by atoms with Crippen LogP contribution in [0.15, 0.2) is 23.9 Å². The molecule has 0 saturated carbocycles. The molecule has 0 spiro atoms. The average Bonchev–Trinajstić information content (AvgIpc) is 2.11. The molecule has 0 heterocycles. The lowest BCUT2D eigenvalue weighted by molar-refractivity contribution is -0.113. The van der Waals surface area contributed by atoms with Crippen molar-refractivity contribution in [3.05, 3.63) is 40.6 Å². The first kappa shape index (κ1) is 10.5. The number of carbonyl (C=O) groups excluding carboxylic acids is 1. The summed E-state index contributed by atoms with van der Waals surface area (Å²) < 4.78 is 0. The van der Waals surface area contributed by atoms with Gasteiger partial charge in [-0.15, -0.1) is 0 Å². The lowest BCUT2D eigenvalue weighted by Crippen LogP contribution is -2.06. The zero-order chi connectivity index (χ0) is 10.7. The Morgan fingerprint density at radius 3 is 2.57 bits per heavy atom. The minimum Gasteiger partial charge on any atom is -0.396 e. The van der Waals surface area contributed by atoms with E-state index in [1.807, 2.05) is 32.0 Å². The number of hydrogen-bond acceptors (Lipinski definition) is 2. The van der Waals surface area contributed by atoms with Gasteiger partial charge in [0.15, 0.2) is 5.78 Å². The SMILES string of the molecule is CC(=O)/C(N)=C/c1cc(C)ccc1C. The van der Waals surface area contributed by atoms with E-state index >= 15 is 0 Å². The van der Waals surface area contributed by atoms with E-state index in [4.69, 9.17) is 5.73 Å². The number of allylic oxidation sites excluding steroid dienone is 1. The third kappa shape index (κ3) is 2.46. The maximum Gasteiger partial charge on any atom is 0.175 e. The molecule has 0 aliphatic heterocycles. The molecule has 2 N–H and O–H groups in total. The van der Waals surface area contributed by atoms with Gasteiger partial charge in [-0.1, -0.05) is 23.8 Å². The molecule has 0 aliphatic rings. The van der Waals surface area contributed by atoms with Gasteiger partial charge in [0.1, 0.15) is 0 Å². The summed E-state index contributed by atoms with van der Waals surface area (Å²) in [5.41, 5.74) is 9.18. The summed E-state index contributed by atoms with van der Waals surface area (Å²) in [5, 5.41) is 0. The number of hydrogen-bond donors (Lipinski definition) is 1. The monoisotopic (exact) mass is 189 g/mol. The van der Waals surface area contributed by atoms with Crippen molar-refractivity contribution in [2.75, 3.05) is 0 Å². The topological polar surface area (TPSA) is 43.1 Å². The van der Waals surface area contributed by atoms with Gasteiger partial charge < -0.3 is 5.73 Å². The second-order valence-corrected chi connectivity index (χ2v) is 3.52. The van der Waals surface area contributed by atoms with Crippen molar-refractivity contribution in [2.45, 2.75) is 20.8 Å². The Morgan fingerprint density at radius 1 is 1.36 bits per heavy atom. The number of ketones is 1. The first-order valence-electron chi connectivity index (χ1n) is 4.56. The molecule has 14 heavy (non-hydrogen) atoms. The van der Waals surface area contributed by atoms with Gasteiger partial charge in [-0.05, 0) is 31.1 Å². The summed E-state index contributed by atoms with van der Waals surface area (Å²) in [6.07, 6.45) is 1.73. The molecule has 0 atom stereocenters. The highest BCUT2D eigenvalue weighted by molar-refractivity contribution is 5.96. The highest BCUT2D eigenvalue weighted by atomic mass is 16.1. The van der Waals surface area contributed by atoms with E-state index < -0.39 is 0 Å². The van der Waals surface area contributed by atoms with Gasteiger partial charge in [0, 0.05) is 6.92 Å². The normalized spacial score (nSPS) is 11.5. The summed E-state index contributed by atoms with van der Waals surface area (Å²) >= 11 is 0. The van der Waals surface area contributed by atoms with Crippen molar-refractivity contribution in [3.8, 4) is 0 Å². The van der Waals surface area contributed by atoms with E-state index in [0.29, 0.717) is 5.70 Å². The standard InChI is InChI=1S/C12H15NO/c1-8-4-5-9(2)11(6-8)7-12(13)10(3)14/h4-7H,13H2,1-3H3/b12-7-. The van der Waals surface area contributed by atoms with E-state index in [1.165, 1.54) is 12.5 Å². The molecule has 74 valence electrons. The van der Waals surface area contributed by atoms with Gasteiger partial charge in [0.2, 0.25) is 0 Å². The van der Waals surface area contributed by atoms with Crippen molar-refractivity contribution < 1.29 is 4.79 Å². The molecule has 1 aromatic carbocycles. The summed E-state index contributed by atoms with van der Waals surface area (Å²) in [6, 6.07) is 6.08. The van der Waals surface area contributed by atoms with Gasteiger partial charge in [0.05, 0.1) is 5.70 Å². The van der Waals surface area contributed by atoms with Crippen LogP contribution in [0.5, 0.6) is 0 Å². The molecule has 0 amide bonds. The van der Waals surface area contributed by atoms with E-state index in [2.05, 4.69) is 0 Å². The van der Waals surface area contributed by atoms with Crippen LogP contribution in [0.1, 0.15) is 23.6 Å². The quantitative estimate of drug-likeness (QED) is 0.725. The Labute approximate surface area is 84.4 Å². The first-order valence-corrected chi connectivity index (χ1v) is 4.56. The molecule has 0 fully saturated rings. The zero-order valence-corrected chi connectivity index (χ0v) is 8.79. The molecule has 0 aliphatic carbocycles. The minimum atomic E-state index is -0.0918. The van der Waals surface area contributed by atoms with Crippen LogP contribution in [0.4, 0.5) is 0 Å². The molecule has 1 aromatic rings. The molecule has 0 saturated heterocycles. The second kappa shape index (κ2) is 4.09. The van der Waals surface area contributed by atoms with Gasteiger partial charge >= 0.3 is 0 Å². The molecule has 0 unspecified atom stereocenters. The number of nitrogens with two attached hydrogens (primary N) is 1. The van der Waals surface area contributed by atoms with Crippen LogP contribution in [0.3, 0.4) is 0 Å². The molecule has 1 rings (SSSR count). The van der Waals surface area contributed by atoms with E-state index in [0.717, 1.165) is 11.1 Å². The van der Waals surface area contributed by atoms with Crippen molar-refractivity contribution in [3.63, 3.8) is 0 Å². The van der Waals surface area contributed by atoms with E-state index in [-0.39, 0.29) is 5.78 Å². The van der Waals surface area contributed by atoms with Crippen LogP contribution < -0.4 is 5.73 Å². The fraction of sp³-hybridized carbons (Fsp3) is 0.250. The summed E-state index contributed by atoms with van der Waals surface area (Å²) in [7, 11) is 0. The molecule has 0 bridgehead atoms. The lowest BCUT2D eigenvalue weighted by Gasteiger charge is -2.03. The van der Waals surface area contributed by atoms with Crippen LogP contribution >= 0.6 is 0 Å². The largest absolute Gasteiger partial charge is 0.396 e.